The van der Waals surface area contributed by atoms with Gasteiger partial charge in [-0.3, -0.25) is 0 Å². The van der Waals surface area contributed by atoms with Crippen LogP contribution in [0, 0.1) is 0 Å². The van der Waals surface area contributed by atoms with Crippen LogP contribution in [-0.4, -0.2) is 18.2 Å². The van der Waals surface area contributed by atoms with Crippen molar-refractivity contribution in [2.45, 2.75) is 13.1 Å². The van der Waals surface area contributed by atoms with Gasteiger partial charge in [0, 0.05) is 18.7 Å². The van der Waals surface area contributed by atoms with Gasteiger partial charge in [0.05, 0.1) is 12.7 Å². The molecule has 0 amide bonds. The number of ether oxygens (including phenoxy) is 1. The highest BCUT2D eigenvalue weighted by atomic mass is 16.5. The van der Waals surface area contributed by atoms with E-state index in [0.29, 0.717) is 18.7 Å². The predicted octanol–water partition coefficient (Wildman–Crippen LogP) is 3.84. The van der Waals surface area contributed by atoms with Crippen LogP contribution in [-0.2, 0) is 13.1 Å². The van der Waals surface area contributed by atoms with Crippen LogP contribution < -0.4 is 10.1 Å². The van der Waals surface area contributed by atoms with Gasteiger partial charge in [-0.25, -0.2) is 4.79 Å². The molecule has 0 aromatic heterocycles. The van der Waals surface area contributed by atoms with Gasteiger partial charge in [-0.15, -0.1) is 0 Å². The minimum Gasteiger partial charge on any atom is -0.496 e. The fourth-order valence-electron chi connectivity index (χ4n) is 2.79. The second-order valence-electron chi connectivity index (χ2n) is 5.57. The molecule has 122 valence electrons. The number of nitrogens with one attached hydrogen (secondary N) is 1. The highest BCUT2D eigenvalue weighted by Gasteiger charge is 2.08. The largest absolute Gasteiger partial charge is 0.496 e. The number of fused-ring (bicyclic) bond motifs is 1. The molecule has 0 fully saturated rings. The van der Waals surface area contributed by atoms with E-state index in [-0.39, 0.29) is 0 Å². The maximum atomic E-state index is 10.9. The van der Waals surface area contributed by atoms with Crippen LogP contribution in [0.2, 0.25) is 0 Å². The summed E-state index contributed by atoms with van der Waals surface area (Å²) >= 11 is 0. The Morgan fingerprint density at radius 2 is 1.75 bits per heavy atom. The van der Waals surface area contributed by atoms with Crippen LogP contribution in [0.5, 0.6) is 5.75 Å². The Balaban J connectivity index is 1.74. The molecule has 3 aromatic rings. The van der Waals surface area contributed by atoms with Gasteiger partial charge < -0.3 is 15.2 Å². The Morgan fingerprint density at radius 3 is 2.46 bits per heavy atom. The van der Waals surface area contributed by atoms with Gasteiger partial charge in [0.1, 0.15) is 5.75 Å². The molecule has 0 radical (unpaired) electrons. The number of benzene rings is 3. The van der Waals surface area contributed by atoms with Gasteiger partial charge in [0.25, 0.3) is 0 Å². The normalized spacial score (nSPS) is 10.7. The van der Waals surface area contributed by atoms with Crippen molar-refractivity contribution in [2.24, 2.45) is 0 Å². The van der Waals surface area contributed by atoms with Crippen molar-refractivity contribution in [3.05, 3.63) is 77.4 Å². The second-order valence-corrected chi connectivity index (χ2v) is 5.57. The standard InChI is InChI=1S/C20H19NO3/c1-24-19-11-10-15-4-2-3-5-17(15)18(19)13-21-12-14-6-8-16(9-7-14)20(22)23/h2-11,21H,12-13H2,1H3,(H,22,23). The first kappa shape index (κ1) is 16.0. The fourth-order valence-corrected chi connectivity index (χ4v) is 2.79. The van der Waals surface area contributed by atoms with Crippen molar-refractivity contribution in [3.8, 4) is 5.75 Å². The first-order chi connectivity index (χ1) is 11.7. The van der Waals surface area contributed by atoms with E-state index in [9.17, 15) is 4.79 Å². The molecule has 0 aliphatic rings. The van der Waals surface area contributed by atoms with E-state index in [1.54, 1.807) is 19.2 Å². The molecule has 3 rings (SSSR count). The molecular weight excluding hydrogens is 302 g/mol. The van der Waals surface area contributed by atoms with Crippen molar-refractivity contribution >= 4 is 16.7 Å². The molecule has 0 bridgehead atoms. The number of aromatic carboxylic acids is 1. The molecule has 0 unspecified atom stereocenters. The summed E-state index contributed by atoms with van der Waals surface area (Å²) in [4.78, 5) is 10.9. The van der Waals surface area contributed by atoms with Crippen molar-refractivity contribution in [3.63, 3.8) is 0 Å². The second kappa shape index (κ2) is 7.15. The lowest BCUT2D eigenvalue weighted by Gasteiger charge is -2.13. The molecule has 0 aliphatic heterocycles. The molecule has 24 heavy (non-hydrogen) atoms. The van der Waals surface area contributed by atoms with E-state index >= 15 is 0 Å². The summed E-state index contributed by atoms with van der Waals surface area (Å²) in [5, 5.41) is 14.7. The minimum absolute atomic E-state index is 0.300. The number of carboxylic acids is 1. The summed E-state index contributed by atoms with van der Waals surface area (Å²) in [5.41, 5.74) is 2.46. The van der Waals surface area contributed by atoms with Crippen molar-refractivity contribution < 1.29 is 14.6 Å². The summed E-state index contributed by atoms with van der Waals surface area (Å²) in [6, 6.07) is 19.2. The number of rotatable bonds is 6. The number of hydrogen-bond donors (Lipinski definition) is 2. The molecule has 3 aromatic carbocycles. The zero-order chi connectivity index (χ0) is 16.9. The zero-order valence-electron chi connectivity index (χ0n) is 13.5. The van der Waals surface area contributed by atoms with Gasteiger partial charge in [-0.2, -0.15) is 0 Å². The fraction of sp³-hybridized carbons (Fsp3) is 0.150. The molecule has 0 atom stereocenters. The van der Waals surface area contributed by atoms with E-state index in [2.05, 4.69) is 23.5 Å². The van der Waals surface area contributed by atoms with Crippen LogP contribution >= 0.6 is 0 Å². The number of hydrogen-bond acceptors (Lipinski definition) is 3. The summed E-state index contributed by atoms with van der Waals surface area (Å²) in [6.45, 7) is 1.33. The molecular formula is C20H19NO3. The molecule has 4 nitrogen and oxygen atoms in total. The number of carboxylic acid groups (broad SMARTS) is 1. The number of carbonyl (C=O) groups is 1. The van der Waals surface area contributed by atoms with E-state index < -0.39 is 5.97 Å². The highest BCUT2D eigenvalue weighted by molar-refractivity contribution is 5.88. The molecule has 0 saturated carbocycles. The van der Waals surface area contributed by atoms with Crippen LogP contribution in [0.15, 0.2) is 60.7 Å². The van der Waals surface area contributed by atoms with Crippen molar-refractivity contribution in [1.29, 1.82) is 0 Å². The SMILES string of the molecule is COc1ccc2ccccc2c1CNCc1ccc(C(=O)O)cc1. The maximum absolute atomic E-state index is 10.9. The topological polar surface area (TPSA) is 58.6 Å². The average molecular weight is 321 g/mol. The average Bonchev–Trinajstić information content (AvgIpc) is 2.62. The summed E-state index contributed by atoms with van der Waals surface area (Å²) in [5.74, 6) is -0.0440. The Morgan fingerprint density at radius 1 is 1.00 bits per heavy atom. The lowest BCUT2D eigenvalue weighted by molar-refractivity contribution is 0.0697. The molecule has 0 spiro atoms. The van der Waals surface area contributed by atoms with Crippen molar-refractivity contribution in [1.82, 2.24) is 5.32 Å². The quantitative estimate of drug-likeness (QED) is 0.724. The van der Waals surface area contributed by atoms with Gasteiger partial charge in [0.15, 0.2) is 0 Å². The first-order valence-corrected chi connectivity index (χ1v) is 7.76. The molecule has 0 aliphatic carbocycles. The van der Waals surface area contributed by atoms with Crippen LogP contribution in [0.25, 0.3) is 10.8 Å². The van der Waals surface area contributed by atoms with E-state index in [0.717, 1.165) is 16.9 Å². The third-order valence-electron chi connectivity index (χ3n) is 4.05. The Bertz CT molecular complexity index is 856. The monoisotopic (exact) mass is 321 g/mol. The summed E-state index contributed by atoms with van der Waals surface area (Å²) in [6.07, 6.45) is 0. The predicted molar refractivity (Wildman–Crippen MR) is 94.4 cm³/mol. The Hall–Kier alpha value is -2.85. The maximum Gasteiger partial charge on any atom is 0.335 e. The van der Waals surface area contributed by atoms with Gasteiger partial charge in [0.2, 0.25) is 0 Å². The highest BCUT2D eigenvalue weighted by Crippen LogP contribution is 2.27. The van der Waals surface area contributed by atoms with E-state index in [4.69, 9.17) is 9.84 Å². The van der Waals surface area contributed by atoms with Crippen LogP contribution in [0.4, 0.5) is 0 Å². The number of methoxy groups -OCH3 is 1. The molecule has 0 heterocycles. The van der Waals surface area contributed by atoms with Gasteiger partial charge >= 0.3 is 5.97 Å². The van der Waals surface area contributed by atoms with Crippen LogP contribution in [0.1, 0.15) is 21.5 Å². The van der Waals surface area contributed by atoms with Gasteiger partial charge in [-0.1, -0.05) is 42.5 Å². The molecule has 0 saturated heterocycles. The van der Waals surface area contributed by atoms with E-state index in [1.807, 2.05) is 30.3 Å². The van der Waals surface area contributed by atoms with Crippen LogP contribution in [0.3, 0.4) is 0 Å². The minimum atomic E-state index is -0.907. The smallest absolute Gasteiger partial charge is 0.335 e. The Kier molecular flexibility index (Phi) is 4.77. The van der Waals surface area contributed by atoms with Gasteiger partial charge in [-0.05, 0) is 34.5 Å². The third-order valence-corrected chi connectivity index (χ3v) is 4.05. The van der Waals surface area contributed by atoms with E-state index in [1.165, 1.54) is 10.8 Å². The molecule has 4 heteroatoms. The first-order valence-electron chi connectivity index (χ1n) is 7.76. The molecule has 2 N–H and O–H groups in total. The van der Waals surface area contributed by atoms with Crippen molar-refractivity contribution in [2.75, 3.05) is 7.11 Å². The zero-order valence-corrected chi connectivity index (χ0v) is 13.5. The lowest BCUT2D eigenvalue weighted by Crippen LogP contribution is -2.14. The summed E-state index contributed by atoms with van der Waals surface area (Å²) < 4.78 is 5.49. The lowest BCUT2D eigenvalue weighted by atomic mass is 10.0. The third kappa shape index (κ3) is 3.39. The summed E-state index contributed by atoms with van der Waals surface area (Å²) in [7, 11) is 1.68. The Labute approximate surface area is 140 Å².